The Morgan fingerprint density at radius 2 is 1.73 bits per heavy atom. The number of hydrogen-bond acceptors (Lipinski definition) is 8. The van der Waals surface area contributed by atoms with Crippen molar-refractivity contribution in [3.63, 3.8) is 0 Å². The molecule has 1 aliphatic heterocycles. The second-order valence-corrected chi connectivity index (χ2v) is 13.3. The van der Waals surface area contributed by atoms with Gasteiger partial charge in [0.15, 0.2) is 5.78 Å². The summed E-state index contributed by atoms with van der Waals surface area (Å²) in [6, 6.07) is 0. The molecule has 218 valence electrons. The molecule has 1 N–H and O–H groups in total. The van der Waals surface area contributed by atoms with Crippen molar-refractivity contribution in [2.45, 2.75) is 104 Å². The maximum absolute atomic E-state index is 13.6. The van der Waals surface area contributed by atoms with Gasteiger partial charge in [0.2, 0.25) is 0 Å². The Balaban J connectivity index is 1.54. The van der Waals surface area contributed by atoms with E-state index in [2.05, 4.69) is 6.92 Å². The van der Waals surface area contributed by atoms with Gasteiger partial charge in [0.1, 0.15) is 23.9 Å². The van der Waals surface area contributed by atoms with E-state index in [1.54, 1.807) is 19.9 Å². The SMILES string of the molecule is CC(=O)O[C@H]1C=CC(=O)[C@@]2(C)C1=C[C@H](OC(C)=O)[C@@H]1[C@@H]2CC[C@]2(C)[C@@H]([C@@](C)(O)[C@H]3CC(C)=C(C)C(=O)O3)CC[C@@H]12. The highest BCUT2D eigenvalue weighted by Gasteiger charge is 2.66. The van der Waals surface area contributed by atoms with Crippen molar-refractivity contribution >= 4 is 23.7 Å². The first-order chi connectivity index (χ1) is 18.6. The zero-order valence-electron chi connectivity index (χ0n) is 24.6. The fraction of sp³-hybridized carbons (Fsp3) is 0.688. The minimum Gasteiger partial charge on any atom is -0.458 e. The quantitative estimate of drug-likeness (QED) is 0.309. The summed E-state index contributed by atoms with van der Waals surface area (Å²) in [6.45, 7) is 12.3. The van der Waals surface area contributed by atoms with Crippen LogP contribution in [0.25, 0.3) is 0 Å². The van der Waals surface area contributed by atoms with Gasteiger partial charge in [0.05, 0.1) is 5.41 Å². The van der Waals surface area contributed by atoms with Crippen LogP contribution in [0.1, 0.15) is 80.6 Å². The summed E-state index contributed by atoms with van der Waals surface area (Å²) in [6.07, 6.45) is 6.54. The lowest BCUT2D eigenvalue weighted by molar-refractivity contribution is -0.186. The second kappa shape index (κ2) is 9.68. The minimum absolute atomic E-state index is 0.0321. The normalized spacial score (nSPS) is 42.1. The smallest absolute Gasteiger partial charge is 0.334 e. The number of allylic oxidation sites excluding steroid dienone is 1. The van der Waals surface area contributed by atoms with Gasteiger partial charge in [-0.1, -0.05) is 12.5 Å². The molecule has 0 spiro atoms. The molecule has 4 aliphatic carbocycles. The van der Waals surface area contributed by atoms with E-state index in [-0.39, 0.29) is 40.8 Å². The first kappa shape index (κ1) is 28.8. The lowest BCUT2D eigenvalue weighted by atomic mass is 9.46. The third kappa shape index (κ3) is 4.20. The molecular formula is C32H42O8. The fourth-order valence-corrected chi connectivity index (χ4v) is 9.13. The van der Waals surface area contributed by atoms with E-state index in [4.69, 9.17) is 14.2 Å². The van der Waals surface area contributed by atoms with Crippen LogP contribution >= 0.6 is 0 Å². The lowest BCUT2D eigenvalue weighted by Crippen LogP contribution is -2.60. The van der Waals surface area contributed by atoms with Gasteiger partial charge in [-0.3, -0.25) is 14.4 Å². The molecule has 2 saturated carbocycles. The number of fused-ring (bicyclic) bond motifs is 5. The second-order valence-electron chi connectivity index (χ2n) is 13.3. The van der Waals surface area contributed by atoms with Gasteiger partial charge in [0.25, 0.3) is 0 Å². The molecule has 5 aliphatic rings. The number of hydrogen-bond donors (Lipinski definition) is 1. The van der Waals surface area contributed by atoms with Crippen LogP contribution in [0.2, 0.25) is 0 Å². The third-order valence-corrected chi connectivity index (χ3v) is 11.3. The highest BCUT2D eigenvalue weighted by Crippen LogP contribution is 2.67. The van der Waals surface area contributed by atoms with E-state index in [0.717, 1.165) is 24.8 Å². The number of rotatable bonds is 4. The van der Waals surface area contributed by atoms with E-state index in [1.165, 1.54) is 19.9 Å². The number of ether oxygens (including phenoxy) is 3. The van der Waals surface area contributed by atoms with Crippen LogP contribution in [0.5, 0.6) is 0 Å². The predicted octanol–water partition coefficient (Wildman–Crippen LogP) is 4.40. The number of carbonyl (C=O) groups is 4. The van der Waals surface area contributed by atoms with Gasteiger partial charge in [-0.15, -0.1) is 0 Å². The van der Waals surface area contributed by atoms with Gasteiger partial charge in [-0.2, -0.15) is 0 Å². The first-order valence-corrected chi connectivity index (χ1v) is 14.5. The van der Waals surface area contributed by atoms with Crippen LogP contribution in [0.15, 0.2) is 34.9 Å². The van der Waals surface area contributed by atoms with Crippen LogP contribution in [-0.4, -0.2) is 52.7 Å². The maximum atomic E-state index is 13.6. The Labute approximate surface area is 236 Å². The summed E-state index contributed by atoms with van der Waals surface area (Å²) in [5.41, 5.74) is -0.262. The van der Waals surface area contributed by atoms with Crippen LogP contribution < -0.4 is 0 Å². The van der Waals surface area contributed by atoms with Crippen LogP contribution in [0.3, 0.4) is 0 Å². The van der Waals surface area contributed by atoms with Gasteiger partial charge >= 0.3 is 17.9 Å². The molecular weight excluding hydrogens is 512 g/mol. The Morgan fingerprint density at radius 3 is 2.35 bits per heavy atom. The minimum atomic E-state index is -1.26. The van der Waals surface area contributed by atoms with Crippen molar-refractivity contribution in [2.24, 2.45) is 34.5 Å². The molecule has 8 heteroatoms. The highest BCUT2D eigenvalue weighted by atomic mass is 16.6. The molecule has 0 aromatic carbocycles. The molecule has 0 aromatic rings. The van der Waals surface area contributed by atoms with Crippen molar-refractivity contribution in [3.8, 4) is 0 Å². The molecule has 0 bridgehead atoms. The Kier molecular flexibility index (Phi) is 6.96. The summed E-state index contributed by atoms with van der Waals surface area (Å²) in [5.74, 6) is -1.64. The van der Waals surface area contributed by atoms with Crippen molar-refractivity contribution < 1.29 is 38.5 Å². The molecule has 8 nitrogen and oxygen atoms in total. The molecule has 0 aromatic heterocycles. The van der Waals surface area contributed by atoms with Crippen LogP contribution in [-0.2, 0) is 33.4 Å². The lowest BCUT2D eigenvalue weighted by Gasteiger charge is -2.59. The zero-order chi connectivity index (χ0) is 29.4. The molecule has 10 atom stereocenters. The largest absolute Gasteiger partial charge is 0.458 e. The van der Waals surface area contributed by atoms with Crippen molar-refractivity contribution in [1.82, 2.24) is 0 Å². The van der Waals surface area contributed by atoms with Crippen LogP contribution in [0, 0.1) is 34.5 Å². The average molecular weight is 555 g/mol. The molecule has 1 heterocycles. The van der Waals surface area contributed by atoms with E-state index in [9.17, 15) is 24.3 Å². The van der Waals surface area contributed by atoms with Crippen LogP contribution in [0.4, 0.5) is 0 Å². The Bertz CT molecular complexity index is 1240. The molecule has 40 heavy (non-hydrogen) atoms. The summed E-state index contributed by atoms with van der Waals surface area (Å²) < 4.78 is 17.3. The number of carbonyl (C=O) groups excluding carboxylic acids is 4. The summed E-state index contributed by atoms with van der Waals surface area (Å²) in [4.78, 5) is 50.4. The number of aliphatic hydroxyl groups is 1. The fourth-order valence-electron chi connectivity index (χ4n) is 9.13. The molecule has 0 saturated heterocycles. The first-order valence-electron chi connectivity index (χ1n) is 14.5. The van der Waals surface area contributed by atoms with Gasteiger partial charge in [0, 0.05) is 31.8 Å². The molecule has 0 radical (unpaired) electrons. The van der Waals surface area contributed by atoms with Crippen molar-refractivity contribution in [1.29, 1.82) is 0 Å². The van der Waals surface area contributed by atoms with Crippen molar-refractivity contribution in [3.05, 3.63) is 34.9 Å². The van der Waals surface area contributed by atoms with Gasteiger partial charge < -0.3 is 19.3 Å². The van der Waals surface area contributed by atoms with E-state index < -0.39 is 41.3 Å². The van der Waals surface area contributed by atoms with E-state index in [0.29, 0.717) is 24.0 Å². The molecule has 0 unspecified atom stereocenters. The van der Waals surface area contributed by atoms with E-state index >= 15 is 0 Å². The molecule has 0 amide bonds. The standard InChI is InChI=1S/C32H42O8/c1-16-14-27(40-29(36)17(16)2)32(7,37)25-10-8-20-28-21(12-13-30(20,25)5)31(6)22(15-24(28)39-19(4)34)23(38-18(3)33)9-11-26(31)35/h9,11,15,20-21,23-25,27-28,37H,8,10,12-14H2,1-7H3/t20-,21-,23-,24-,25-,27+,28-,30-,31+,32+/m0/s1. The Hall–Kier alpha value is -2.74. The predicted molar refractivity (Wildman–Crippen MR) is 145 cm³/mol. The Morgan fingerprint density at radius 1 is 1.05 bits per heavy atom. The van der Waals surface area contributed by atoms with E-state index in [1.807, 2.05) is 19.9 Å². The number of esters is 3. The summed E-state index contributed by atoms with van der Waals surface area (Å²) >= 11 is 0. The van der Waals surface area contributed by atoms with Gasteiger partial charge in [-0.05, 0) is 100 Å². The van der Waals surface area contributed by atoms with Crippen molar-refractivity contribution in [2.75, 3.05) is 0 Å². The monoisotopic (exact) mass is 554 g/mol. The molecule has 2 fully saturated rings. The average Bonchev–Trinajstić information content (AvgIpc) is 3.22. The number of cyclic esters (lactones) is 1. The highest BCUT2D eigenvalue weighted by molar-refractivity contribution is 5.99. The maximum Gasteiger partial charge on any atom is 0.334 e. The number of ketones is 1. The summed E-state index contributed by atoms with van der Waals surface area (Å²) in [7, 11) is 0. The summed E-state index contributed by atoms with van der Waals surface area (Å²) in [5, 5.41) is 12.1. The van der Waals surface area contributed by atoms with Gasteiger partial charge in [-0.25, -0.2) is 4.79 Å². The third-order valence-electron chi connectivity index (χ3n) is 11.3. The topological polar surface area (TPSA) is 116 Å². The molecule has 5 rings (SSSR count). The zero-order valence-corrected chi connectivity index (χ0v) is 24.6.